The SMILES string of the molecule is c1ccc(-n2c3ccc4c5nc(c6[nH]c(c7ccccc76)c6[nH]c(c7ccccc76)c2nc53)n4-c2ccccc2)cc1. The minimum absolute atomic E-state index is 0.860. The fourth-order valence-electron chi connectivity index (χ4n) is 6.80. The Hall–Kier alpha value is -5.88. The van der Waals surface area contributed by atoms with E-state index in [1.54, 1.807) is 0 Å². The smallest absolute Gasteiger partial charge is 0.162 e. The number of para-hydroxylation sites is 2. The van der Waals surface area contributed by atoms with Crippen molar-refractivity contribution >= 4 is 77.0 Å². The van der Waals surface area contributed by atoms with Gasteiger partial charge in [-0.1, -0.05) is 84.9 Å². The molecule has 0 amide bonds. The first-order chi connectivity index (χ1) is 20.8. The van der Waals surface area contributed by atoms with Gasteiger partial charge in [0, 0.05) is 32.9 Å². The lowest BCUT2D eigenvalue weighted by Crippen LogP contribution is -1.95. The summed E-state index contributed by atoms with van der Waals surface area (Å²) in [5.74, 6) is 0. The van der Waals surface area contributed by atoms with Crippen LogP contribution in [-0.4, -0.2) is 29.1 Å². The normalized spacial score (nSPS) is 12.3. The molecule has 5 aromatic carbocycles. The van der Waals surface area contributed by atoms with Crippen LogP contribution in [0.3, 0.4) is 0 Å². The summed E-state index contributed by atoms with van der Waals surface area (Å²) in [5.41, 5.74) is 11.7. The summed E-state index contributed by atoms with van der Waals surface area (Å²) in [7, 11) is 0. The average molecular weight is 539 g/mol. The van der Waals surface area contributed by atoms with Gasteiger partial charge < -0.3 is 9.97 Å². The lowest BCUT2D eigenvalue weighted by molar-refractivity contribution is 1.16. The van der Waals surface area contributed by atoms with E-state index in [-0.39, 0.29) is 0 Å². The molecule has 10 aromatic rings. The highest BCUT2D eigenvalue weighted by atomic mass is 15.1. The Morgan fingerprint density at radius 2 is 0.738 bits per heavy atom. The molecule has 10 rings (SSSR count). The van der Waals surface area contributed by atoms with E-state index in [0.29, 0.717) is 0 Å². The van der Waals surface area contributed by atoms with Gasteiger partial charge in [-0.05, 0) is 36.4 Å². The molecule has 6 heteroatoms. The van der Waals surface area contributed by atoms with E-state index < -0.39 is 0 Å². The number of nitrogens with one attached hydrogen (secondary N) is 2. The van der Waals surface area contributed by atoms with Crippen molar-refractivity contribution in [3.63, 3.8) is 0 Å². The average Bonchev–Trinajstić information content (AvgIpc) is 3.81. The molecule has 0 aliphatic carbocycles. The lowest BCUT2D eigenvalue weighted by Gasteiger charge is -2.07. The Balaban J connectivity index is 1.58. The first kappa shape index (κ1) is 21.9. The third-order valence-electron chi connectivity index (χ3n) is 8.61. The van der Waals surface area contributed by atoms with Gasteiger partial charge in [-0.3, -0.25) is 9.13 Å². The van der Waals surface area contributed by atoms with Crippen LogP contribution >= 0.6 is 0 Å². The van der Waals surface area contributed by atoms with E-state index in [2.05, 4.69) is 128 Å². The maximum absolute atomic E-state index is 5.39. The molecular weight excluding hydrogens is 516 g/mol. The molecule has 0 aliphatic heterocycles. The fourth-order valence-corrected chi connectivity index (χ4v) is 6.80. The summed E-state index contributed by atoms with van der Waals surface area (Å²) < 4.78 is 4.51. The zero-order valence-electron chi connectivity index (χ0n) is 22.3. The summed E-state index contributed by atoms with van der Waals surface area (Å²) in [6.07, 6.45) is 0. The molecular formula is C36H22N6. The standard InChI is InChI=1S/C36H22N6/c1-3-11-21(12-4-1)41-27-19-20-28-34-33(27)39-35(41)31-25-17-9-7-15-23(25)29(37-31)30-24-16-8-10-18-26(24)32(38-30)36(40-34)42(28)22-13-5-2-6-14-22/h1-20,37-38H. The van der Waals surface area contributed by atoms with Gasteiger partial charge in [0.2, 0.25) is 0 Å². The fraction of sp³-hybridized carbons (Fsp3) is 0. The number of hydrogen-bond acceptors (Lipinski definition) is 2. The van der Waals surface area contributed by atoms with Crippen molar-refractivity contribution in [2.75, 3.05) is 0 Å². The number of H-pyrrole nitrogens is 2. The van der Waals surface area contributed by atoms with Crippen LogP contribution < -0.4 is 0 Å². The van der Waals surface area contributed by atoms with E-state index in [9.17, 15) is 0 Å². The molecule has 10 bridgehead atoms. The number of imidazole rings is 2. The molecule has 0 saturated heterocycles. The number of aromatic amines is 2. The van der Waals surface area contributed by atoms with Gasteiger partial charge in [-0.25, -0.2) is 9.97 Å². The van der Waals surface area contributed by atoms with Crippen molar-refractivity contribution in [2.24, 2.45) is 0 Å². The minimum atomic E-state index is 0.860. The molecule has 5 aromatic heterocycles. The van der Waals surface area contributed by atoms with Crippen LogP contribution in [0.4, 0.5) is 0 Å². The number of hydrogen-bond donors (Lipinski definition) is 2. The summed E-state index contributed by atoms with van der Waals surface area (Å²) in [4.78, 5) is 18.5. The third-order valence-corrected chi connectivity index (χ3v) is 8.61. The van der Waals surface area contributed by atoms with Crippen molar-refractivity contribution in [2.45, 2.75) is 0 Å². The Morgan fingerprint density at radius 1 is 0.381 bits per heavy atom. The Kier molecular flexibility index (Phi) is 4.10. The topological polar surface area (TPSA) is 67.2 Å². The molecule has 6 nitrogen and oxygen atoms in total. The van der Waals surface area contributed by atoms with Gasteiger partial charge >= 0.3 is 0 Å². The van der Waals surface area contributed by atoms with E-state index >= 15 is 0 Å². The Morgan fingerprint density at radius 3 is 1.14 bits per heavy atom. The molecule has 0 unspecified atom stereocenters. The first-order valence-corrected chi connectivity index (χ1v) is 14.1. The van der Waals surface area contributed by atoms with Crippen LogP contribution in [0.1, 0.15) is 0 Å². The highest BCUT2D eigenvalue weighted by Gasteiger charge is 2.22. The van der Waals surface area contributed by atoms with E-state index in [1.165, 1.54) is 0 Å². The highest BCUT2D eigenvalue weighted by molar-refractivity contribution is 6.23. The summed E-state index contributed by atoms with van der Waals surface area (Å²) in [6.45, 7) is 0. The van der Waals surface area contributed by atoms with E-state index in [1.807, 2.05) is 12.1 Å². The van der Waals surface area contributed by atoms with Crippen LogP contribution in [0.15, 0.2) is 121 Å². The van der Waals surface area contributed by atoms with Crippen molar-refractivity contribution in [3.05, 3.63) is 121 Å². The number of rotatable bonds is 2. The highest BCUT2D eigenvalue weighted by Crippen LogP contribution is 2.39. The van der Waals surface area contributed by atoms with Gasteiger partial charge in [0.25, 0.3) is 0 Å². The second-order valence-corrected chi connectivity index (χ2v) is 10.9. The van der Waals surface area contributed by atoms with Gasteiger partial charge in [0.05, 0.1) is 33.1 Å². The van der Waals surface area contributed by atoms with Crippen LogP contribution in [0, 0.1) is 0 Å². The molecule has 196 valence electrons. The van der Waals surface area contributed by atoms with Crippen molar-refractivity contribution < 1.29 is 0 Å². The lowest BCUT2D eigenvalue weighted by atomic mass is 10.1. The van der Waals surface area contributed by atoms with Gasteiger partial charge in [-0.2, -0.15) is 0 Å². The van der Waals surface area contributed by atoms with Crippen LogP contribution in [0.2, 0.25) is 0 Å². The van der Waals surface area contributed by atoms with Crippen molar-refractivity contribution in [1.82, 2.24) is 29.1 Å². The van der Waals surface area contributed by atoms with Gasteiger partial charge in [0.15, 0.2) is 11.3 Å². The molecule has 0 fully saturated rings. The monoisotopic (exact) mass is 538 g/mol. The molecule has 5 heterocycles. The predicted molar refractivity (Wildman–Crippen MR) is 172 cm³/mol. The second kappa shape index (κ2) is 7.86. The maximum atomic E-state index is 5.39. The largest absolute Gasteiger partial charge is 0.350 e. The Bertz CT molecular complexity index is 2480. The quantitative estimate of drug-likeness (QED) is 0.231. The number of benzene rings is 5. The first-order valence-electron chi connectivity index (χ1n) is 14.1. The molecule has 0 radical (unpaired) electrons. The molecule has 42 heavy (non-hydrogen) atoms. The summed E-state index contributed by atoms with van der Waals surface area (Å²) in [5, 5.41) is 4.55. The van der Waals surface area contributed by atoms with Crippen molar-refractivity contribution in [3.8, 4) is 11.4 Å². The predicted octanol–water partition coefficient (Wildman–Crippen LogP) is 8.79. The van der Waals surface area contributed by atoms with E-state index in [4.69, 9.17) is 9.97 Å². The molecule has 0 saturated carbocycles. The third kappa shape index (κ3) is 2.73. The van der Waals surface area contributed by atoms with Crippen LogP contribution in [-0.2, 0) is 0 Å². The van der Waals surface area contributed by atoms with Gasteiger partial charge in [-0.15, -0.1) is 0 Å². The molecule has 0 spiro atoms. The molecule has 0 atom stereocenters. The Labute approximate surface area is 238 Å². The summed E-state index contributed by atoms with van der Waals surface area (Å²) in [6, 6.07) is 42.4. The number of fused-ring (bicyclic) bond motifs is 5. The maximum Gasteiger partial charge on any atom is 0.162 e. The molecule has 2 N–H and O–H groups in total. The summed E-state index contributed by atoms with van der Waals surface area (Å²) >= 11 is 0. The van der Waals surface area contributed by atoms with Crippen molar-refractivity contribution in [1.29, 1.82) is 0 Å². The van der Waals surface area contributed by atoms with Crippen LogP contribution in [0.5, 0.6) is 0 Å². The van der Waals surface area contributed by atoms with Crippen LogP contribution in [0.25, 0.3) is 88.3 Å². The number of nitrogens with zero attached hydrogens (tertiary/aromatic N) is 4. The minimum Gasteiger partial charge on any atom is -0.350 e. The van der Waals surface area contributed by atoms with E-state index in [0.717, 1.165) is 88.3 Å². The number of aromatic nitrogens is 6. The second-order valence-electron chi connectivity index (χ2n) is 10.9. The zero-order chi connectivity index (χ0) is 27.4. The zero-order valence-corrected chi connectivity index (χ0v) is 22.3. The molecule has 0 aliphatic rings. The van der Waals surface area contributed by atoms with Gasteiger partial charge in [0.1, 0.15) is 11.0 Å².